The number of aromatic nitrogens is 1. The molecule has 1 fully saturated rings. The Morgan fingerprint density at radius 1 is 1.00 bits per heavy atom. The van der Waals surface area contributed by atoms with Crippen LogP contribution < -0.4 is 0 Å². The Morgan fingerprint density at radius 3 is 2.34 bits per heavy atom. The Balaban J connectivity index is 1.74. The molecule has 0 amide bonds. The first-order chi connectivity index (χ1) is 16.8. The van der Waals surface area contributed by atoms with E-state index in [9.17, 15) is 22.7 Å². The lowest BCUT2D eigenvalue weighted by atomic mass is 9.88. The summed E-state index contributed by atoms with van der Waals surface area (Å²) in [5.41, 5.74) is 4.46. The Morgan fingerprint density at radius 2 is 1.71 bits per heavy atom. The standard InChI is InChI=1S/C28H29F4NO2/c1-2-25-23(15-34)26(19-10-12-22(29)13-11-19)24(27(33-25)20-7-3-4-8-20)17-35-16-18-6-5-9-21(14-18)28(30,31)32/h5-6,9-14,20,34H,2-4,7-8,15-17H2,1H3. The van der Waals surface area contributed by atoms with Crippen molar-refractivity contribution in [2.75, 3.05) is 0 Å². The highest BCUT2D eigenvalue weighted by atomic mass is 19.4. The molecule has 0 spiro atoms. The minimum Gasteiger partial charge on any atom is -0.392 e. The van der Waals surface area contributed by atoms with E-state index in [1.807, 2.05) is 6.92 Å². The zero-order chi connectivity index (χ0) is 25.0. The fourth-order valence-electron chi connectivity index (χ4n) is 4.95. The van der Waals surface area contributed by atoms with Crippen LogP contribution in [0, 0.1) is 5.82 Å². The van der Waals surface area contributed by atoms with Crippen LogP contribution in [0.1, 0.15) is 72.2 Å². The molecule has 0 saturated heterocycles. The second kappa shape index (κ2) is 10.9. The van der Waals surface area contributed by atoms with Crippen molar-refractivity contribution in [2.45, 2.75) is 70.9 Å². The number of aliphatic hydroxyl groups is 1. The number of nitrogens with zero attached hydrogens (tertiary/aromatic N) is 1. The number of alkyl halides is 3. The van der Waals surface area contributed by atoms with Crippen LogP contribution in [-0.2, 0) is 37.2 Å². The molecule has 1 aromatic heterocycles. The van der Waals surface area contributed by atoms with Crippen LogP contribution >= 0.6 is 0 Å². The molecule has 1 heterocycles. The molecule has 0 radical (unpaired) electrons. The van der Waals surface area contributed by atoms with E-state index in [2.05, 4.69) is 0 Å². The summed E-state index contributed by atoms with van der Waals surface area (Å²) in [6.45, 7) is 1.88. The van der Waals surface area contributed by atoms with Gasteiger partial charge in [0.1, 0.15) is 5.82 Å². The van der Waals surface area contributed by atoms with E-state index in [4.69, 9.17) is 9.72 Å². The number of hydrogen-bond donors (Lipinski definition) is 1. The van der Waals surface area contributed by atoms with Crippen LogP contribution in [0.15, 0.2) is 48.5 Å². The highest BCUT2D eigenvalue weighted by molar-refractivity contribution is 5.73. The van der Waals surface area contributed by atoms with Gasteiger partial charge in [-0.1, -0.05) is 44.0 Å². The van der Waals surface area contributed by atoms with Crippen LogP contribution in [0.4, 0.5) is 17.6 Å². The summed E-state index contributed by atoms with van der Waals surface area (Å²) < 4.78 is 59.0. The van der Waals surface area contributed by atoms with Crippen LogP contribution in [0.2, 0.25) is 0 Å². The molecule has 1 N–H and O–H groups in total. The monoisotopic (exact) mass is 487 g/mol. The fraction of sp³-hybridized carbons (Fsp3) is 0.393. The average molecular weight is 488 g/mol. The number of pyridine rings is 1. The summed E-state index contributed by atoms with van der Waals surface area (Å²) in [6, 6.07) is 11.2. The van der Waals surface area contributed by atoms with Crippen molar-refractivity contribution in [3.8, 4) is 11.1 Å². The summed E-state index contributed by atoms with van der Waals surface area (Å²) in [7, 11) is 0. The van der Waals surface area contributed by atoms with Gasteiger partial charge in [-0.05, 0) is 60.2 Å². The van der Waals surface area contributed by atoms with Crippen LogP contribution in [0.5, 0.6) is 0 Å². The zero-order valence-electron chi connectivity index (χ0n) is 19.7. The van der Waals surface area contributed by atoms with E-state index < -0.39 is 11.7 Å². The number of aliphatic hydroxyl groups excluding tert-OH is 1. The van der Waals surface area contributed by atoms with E-state index >= 15 is 0 Å². The van der Waals surface area contributed by atoms with Crippen molar-refractivity contribution in [3.63, 3.8) is 0 Å². The van der Waals surface area contributed by atoms with Gasteiger partial charge < -0.3 is 9.84 Å². The molecule has 2 aromatic carbocycles. The molecule has 1 saturated carbocycles. The fourth-order valence-corrected chi connectivity index (χ4v) is 4.95. The topological polar surface area (TPSA) is 42.4 Å². The van der Waals surface area contributed by atoms with Crippen molar-refractivity contribution in [1.82, 2.24) is 4.98 Å². The first-order valence-electron chi connectivity index (χ1n) is 12.0. The van der Waals surface area contributed by atoms with E-state index in [-0.39, 0.29) is 31.6 Å². The molecule has 1 aliphatic rings. The van der Waals surface area contributed by atoms with Crippen molar-refractivity contribution < 1.29 is 27.4 Å². The van der Waals surface area contributed by atoms with Gasteiger partial charge in [0.15, 0.2) is 0 Å². The third kappa shape index (κ3) is 5.73. The largest absolute Gasteiger partial charge is 0.416 e. The minimum atomic E-state index is -4.42. The first-order valence-corrected chi connectivity index (χ1v) is 12.0. The molecule has 7 heteroatoms. The smallest absolute Gasteiger partial charge is 0.392 e. The molecule has 3 nitrogen and oxygen atoms in total. The third-order valence-corrected chi connectivity index (χ3v) is 6.65. The lowest BCUT2D eigenvalue weighted by Gasteiger charge is -2.23. The maximum Gasteiger partial charge on any atom is 0.416 e. The van der Waals surface area contributed by atoms with Crippen LogP contribution in [-0.4, -0.2) is 10.1 Å². The molecule has 0 aliphatic heterocycles. The van der Waals surface area contributed by atoms with Gasteiger partial charge in [-0.25, -0.2) is 4.39 Å². The predicted molar refractivity (Wildman–Crippen MR) is 126 cm³/mol. The maximum atomic E-state index is 13.7. The summed E-state index contributed by atoms with van der Waals surface area (Å²) in [6.07, 6.45) is 0.417. The molecular formula is C28H29F4NO2. The van der Waals surface area contributed by atoms with Gasteiger partial charge in [0.2, 0.25) is 0 Å². The molecule has 3 aromatic rings. The van der Waals surface area contributed by atoms with E-state index in [1.54, 1.807) is 18.2 Å². The average Bonchev–Trinajstić information content (AvgIpc) is 3.38. The Kier molecular flexibility index (Phi) is 7.87. The number of benzene rings is 2. The van der Waals surface area contributed by atoms with Crippen LogP contribution in [0.25, 0.3) is 11.1 Å². The van der Waals surface area contributed by atoms with Gasteiger partial charge in [0, 0.05) is 28.4 Å². The summed E-state index contributed by atoms with van der Waals surface area (Å²) in [5, 5.41) is 10.3. The lowest BCUT2D eigenvalue weighted by molar-refractivity contribution is -0.137. The second-order valence-corrected chi connectivity index (χ2v) is 8.97. The molecule has 0 unspecified atom stereocenters. The third-order valence-electron chi connectivity index (χ3n) is 6.65. The van der Waals surface area contributed by atoms with E-state index in [0.717, 1.165) is 65.9 Å². The van der Waals surface area contributed by atoms with Crippen molar-refractivity contribution in [3.05, 3.63) is 88.0 Å². The summed E-state index contributed by atoms with van der Waals surface area (Å²) >= 11 is 0. The highest BCUT2D eigenvalue weighted by Crippen LogP contribution is 2.41. The number of ether oxygens (including phenoxy) is 1. The first kappa shape index (κ1) is 25.3. The Labute approximate surface area is 202 Å². The van der Waals surface area contributed by atoms with E-state index in [0.29, 0.717) is 17.5 Å². The lowest BCUT2D eigenvalue weighted by Crippen LogP contribution is -2.13. The van der Waals surface area contributed by atoms with Crippen molar-refractivity contribution in [2.24, 2.45) is 0 Å². The molecule has 0 atom stereocenters. The molecule has 186 valence electrons. The van der Waals surface area contributed by atoms with E-state index in [1.165, 1.54) is 18.2 Å². The Bertz CT molecular complexity index is 1150. The van der Waals surface area contributed by atoms with Crippen LogP contribution in [0.3, 0.4) is 0 Å². The van der Waals surface area contributed by atoms with Gasteiger partial charge in [-0.2, -0.15) is 13.2 Å². The van der Waals surface area contributed by atoms with Gasteiger partial charge in [-0.15, -0.1) is 0 Å². The summed E-state index contributed by atoms with van der Waals surface area (Å²) in [5.74, 6) is -0.109. The number of hydrogen-bond acceptors (Lipinski definition) is 3. The van der Waals surface area contributed by atoms with Crippen molar-refractivity contribution in [1.29, 1.82) is 0 Å². The Hall–Kier alpha value is -2.77. The van der Waals surface area contributed by atoms with Gasteiger partial charge in [0.25, 0.3) is 0 Å². The minimum absolute atomic E-state index is 0.000865. The SMILES string of the molecule is CCc1nc(C2CCCC2)c(COCc2cccc(C(F)(F)F)c2)c(-c2ccc(F)cc2)c1CO. The number of aryl methyl sites for hydroxylation is 1. The highest BCUT2D eigenvalue weighted by Gasteiger charge is 2.30. The predicted octanol–water partition coefficient (Wildman–Crippen LogP) is 7.34. The molecular weight excluding hydrogens is 458 g/mol. The number of halogens is 4. The van der Waals surface area contributed by atoms with Gasteiger partial charge >= 0.3 is 6.18 Å². The quantitative estimate of drug-likeness (QED) is 0.338. The molecule has 4 rings (SSSR count). The second-order valence-electron chi connectivity index (χ2n) is 8.97. The normalized spacial score (nSPS) is 14.6. The molecule has 35 heavy (non-hydrogen) atoms. The van der Waals surface area contributed by atoms with Gasteiger partial charge in [-0.3, -0.25) is 4.98 Å². The molecule has 1 aliphatic carbocycles. The van der Waals surface area contributed by atoms with Crippen molar-refractivity contribution >= 4 is 0 Å². The zero-order valence-corrected chi connectivity index (χ0v) is 19.7. The molecule has 0 bridgehead atoms. The summed E-state index contributed by atoms with van der Waals surface area (Å²) in [4.78, 5) is 4.96. The van der Waals surface area contributed by atoms with Gasteiger partial charge in [0.05, 0.1) is 25.4 Å². The number of rotatable bonds is 8. The maximum absolute atomic E-state index is 13.7.